The van der Waals surface area contributed by atoms with Crippen molar-refractivity contribution in [3.8, 4) is 0 Å². The van der Waals surface area contributed by atoms with Gasteiger partial charge in [0, 0.05) is 18.4 Å². The third kappa shape index (κ3) is 4.83. The lowest BCUT2D eigenvalue weighted by Gasteiger charge is -2.37. The molecule has 1 saturated heterocycles. The molecule has 0 bridgehead atoms. The molecule has 1 aliphatic carbocycles. The molecular formula is C20H39IO4Si2. The van der Waals surface area contributed by atoms with Crippen LogP contribution in [0.25, 0.3) is 0 Å². The van der Waals surface area contributed by atoms with Crippen LogP contribution in [0.5, 0.6) is 0 Å². The van der Waals surface area contributed by atoms with Gasteiger partial charge in [-0.15, -0.1) is 0 Å². The van der Waals surface area contributed by atoms with E-state index in [4.69, 9.17) is 13.6 Å². The van der Waals surface area contributed by atoms with Crippen molar-refractivity contribution in [2.24, 2.45) is 11.8 Å². The van der Waals surface area contributed by atoms with E-state index >= 15 is 0 Å². The van der Waals surface area contributed by atoms with Crippen LogP contribution in [-0.4, -0.2) is 45.3 Å². The summed E-state index contributed by atoms with van der Waals surface area (Å²) in [4.78, 5) is 12.0. The molecule has 1 heterocycles. The second kappa shape index (κ2) is 10.0. The van der Waals surface area contributed by atoms with Gasteiger partial charge in [0.05, 0.1) is 16.4 Å². The minimum atomic E-state index is -1.72. The maximum atomic E-state index is 12.0. The maximum absolute atomic E-state index is 12.0. The van der Waals surface area contributed by atoms with E-state index in [1.54, 1.807) is 0 Å². The van der Waals surface area contributed by atoms with Crippen molar-refractivity contribution in [2.45, 2.75) is 100 Å². The zero-order chi connectivity index (χ0) is 20.2. The highest BCUT2D eigenvalue weighted by Gasteiger charge is 2.57. The minimum Gasteiger partial charge on any atom is -0.461 e. The van der Waals surface area contributed by atoms with Crippen LogP contribution in [0.15, 0.2) is 0 Å². The molecule has 7 heteroatoms. The molecule has 4 nitrogen and oxygen atoms in total. The van der Waals surface area contributed by atoms with Gasteiger partial charge in [0.25, 0.3) is 0 Å². The van der Waals surface area contributed by atoms with E-state index in [9.17, 15) is 4.79 Å². The lowest BCUT2D eigenvalue weighted by molar-refractivity contribution is -0.141. The first kappa shape index (κ1) is 23.8. The monoisotopic (exact) mass is 526 g/mol. The van der Waals surface area contributed by atoms with Crippen molar-refractivity contribution in [2.75, 3.05) is 6.61 Å². The highest BCUT2D eigenvalue weighted by Crippen LogP contribution is 2.48. The summed E-state index contributed by atoms with van der Waals surface area (Å²) >= 11 is 2.49. The van der Waals surface area contributed by atoms with E-state index in [2.05, 4.69) is 64.1 Å². The molecule has 0 unspecified atom stereocenters. The summed E-state index contributed by atoms with van der Waals surface area (Å²) in [5.41, 5.74) is 0. The summed E-state index contributed by atoms with van der Waals surface area (Å²) in [6, 6.07) is 6.94. The Morgan fingerprint density at radius 2 is 1.48 bits per heavy atom. The van der Waals surface area contributed by atoms with Crippen LogP contribution in [0.4, 0.5) is 0 Å². The summed E-state index contributed by atoms with van der Waals surface area (Å²) in [5, 5.41) is 0. The highest BCUT2D eigenvalue weighted by molar-refractivity contribution is 14.1. The SMILES string of the molecule is CC[Si](CC)(CC)OC[C@H]1[C@H]2CC(=O)O[C@H]2[C@H](I)[C@H]1O[Si](CC)(CC)CC. The number of halogens is 1. The Morgan fingerprint density at radius 3 is 1.96 bits per heavy atom. The lowest BCUT2D eigenvalue weighted by atomic mass is 9.93. The molecular weight excluding hydrogens is 487 g/mol. The minimum absolute atomic E-state index is 0.00918. The fourth-order valence-electron chi connectivity index (χ4n) is 4.95. The van der Waals surface area contributed by atoms with Gasteiger partial charge in [0.15, 0.2) is 16.6 Å². The predicted molar refractivity (Wildman–Crippen MR) is 125 cm³/mol. The van der Waals surface area contributed by atoms with Gasteiger partial charge < -0.3 is 13.6 Å². The van der Waals surface area contributed by atoms with Crippen LogP contribution in [0, 0.1) is 11.8 Å². The zero-order valence-electron chi connectivity index (χ0n) is 18.1. The molecule has 0 aromatic carbocycles. The third-order valence-corrected chi connectivity index (χ3v) is 18.2. The molecule has 0 radical (unpaired) electrons. The molecule has 1 saturated carbocycles. The molecule has 0 amide bonds. The molecule has 1 aliphatic heterocycles. The summed E-state index contributed by atoms with van der Waals surface area (Å²) in [6.07, 6.45) is 0.711. The molecule has 27 heavy (non-hydrogen) atoms. The van der Waals surface area contributed by atoms with Gasteiger partial charge in [0.2, 0.25) is 0 Å². The molecule has 5 atom stereocenters. The maximum Gasteiger partial charge on any atom is 0.306 e. The first-order valence-corrected chi connectivity index (χ1v) is 17.3. The van der Waals surface area contributed by atoms with Gasteiger partial charge in [-0.05, 0) is 36.3 Å². The number of carbonyl (C=O) groups excluding carboxylic acids is 1. The Balaban J connectivity index is 2.23. The first-order valence-electron chi connectivity index (χ1n) is 11.0. The van der Waals surface area contributed by atoms with E-state index in [1.807, 2.05) is 0 Å². The topological polar surface area (TPSA) is 44.8 Å². The van der Waals surface area contributed by atoms with Crippen LogP contribution >= 0.6 is 22.6 Å². The first-order chi connectivity index (χ1) is 12.8. The van der Waals surface area contributed by atoms with E-state index in [0.29, 0.717) is 6.42 Å². The fraction of sp³-hybridized carbons (Fsp3) is 0.950. The van der Waals surface area contributed by atoms with E-state index in [-0.39, 0.29) is 33.9 Å². The van der Waals surface area contributed by atoms with Gasteiger partial charge >= 0.3 is 5.97 Å². The summed E-state index contributed by atoms with van der Waals surface area (Å²) in [5.74, 6) is 0.514. The number of fused-ring (bicyclic) bond motifs is 1. The summed E-state index contributed by atoms with van der Waals surface area (Å²) < 4.78 is 19.7. The third-order valence-electron chi connectivity index (χ3n) is 7.53. The van der Waals surface area contributed by atoms with Gasteiger partial charge in [-0.1, -0.05) is 64.1 Å². The van der Waals surface area contributed by atoms with Crippen molar-refractivity contribution < 1.29 is 18.4 Å². The van der Waals surface area contributed by atoms with Crippen molar-refractivity contribution >= 4 is 45.2 Å². The van der Waals surface area contributed by atoms with Crippen LogP contribution in [0.2, 0.25) is 36.3 Å². The normalized spacial score (nSPS) is 31.2. The van der Waals surface area contributed by atoms with Crippen molar-refractivity contribution in [1.29, 1.82) is 0 Å². The largest absolute Gasteiger partial charge is 0.461 e. The molecule has 2 rings (SSSR count). The van der Waals surface area contributed by atoms with Crippen LogP contribution in [0.3, 0.4) is 0 Å². The van der Waals surface area contributed by atoms with Gasteiger partial charge in [0.1, 0.15) is 6.10 Å². The van der Waals surface area contributed by atoms with Crippen molar-refractivity contribution in [3.05, 3.63) is 0 Å². The van der Waals surface area contributed by atoms with E-state index in [0.717, 1.165) is 42.9 Å². The molecule has 2 aliphatic rings. The molecule has 158 valence electrons. The predicted octanol–water partition coefficient (Wildman–Crippen LogP) is 5.76. The van der Waals surface area contributed by atoms with Crippen LogP contribution in [-0.2, 0) is 18.4 Å². The van der Waals surface area contributed by atoms with Gasteiger partial charge in [-0.3, -0.25) is 4.79 Å². The Hall–Kier alpha value is 0.554. The summed E-state index contributed by atoms with van der Waals surface area (Å²) in [6.45, 7) is 14.4. The quantitative estimate of drug-likeness (QED) is 0.149. The Bertz CT molecular complexity index is 480. The number of ether oxygens (including phenoxy) is 1. The number of hydrogen-bond acceptors (Lipinski definition) is 4. The Morgan fingerprint density at radius 1 is 0.963 bits per heavy atom. The van der Waals surface area contributed by atoms with E-state index in [1.165, 1.54) is 0 Å². The molecule has 2 fully saturated rings. The van der Waals surface area contributed by atoms with Gasteiger partial charge in [-0.25, -0.2) is 0 Å². The number of rotatable bonds is 11. The van der Waals surface area contributed by atoms with E-state index < -0.39 is 16.6 Å². The average molecular weight is 527 g/mol. The van der Waals surface area contributed by atoms with Crippen molar-refractivity contribution in [3.63, 3.8) is 0 Å². The Kier molecular flexibility index (Phi) is 8.86. The molecule has 0 spiro atoms. The van der Waals surface area contributed by atoms with Gasteiger partial charge in [-0.2, -0.15) is 0 Å². The fourth-order valence-corrected chi connectivity index (χ4v) is 12.1. The second-order valence-electron chi connectivity index (χ2n) is 8.31. The number of esters is 1. The Labute approximate surface area is 181 Å². The van der Waals surface area contributed by atoms with Crippen LogP contribution < -0.4 is 0 Å². The van der Waals surface area contributed by atoms with Crippen molar-refractivity contribution in [1.82, 2.24) is 0 Å². The highest BCUT2D eigenvalue weighted by atomic mass is 127. The number of hydrogen-bond donors (Lipinski definition) is 0. The smallest absolute Gasteiger partial charge is 0.306 e. The van der Waals surface area contributed by atoms with Crippen LogP contribution in [0.1, 0.15) is 48.0 Å². The lowest BCUT2D eigenvalue weighted by Crippen LogP contribution is -2.46. The molecule has 0 aromatic heterocycles. The summed E-state index contributed by atoms with van der Waals surface area (Å²) in [7, 11) is -3.37. The number of carbonyl (C=O) groups is 1. The standard InChI is InChI=1S/C20H39IO4Si2/c1-7-26(8-2,9-3)23-14-16-15-13-17(22)24-19(15)18(21)20(16)25-27(10-4,11-5)12-6/h15-16,18-20H,7-14H2,1-6H3/t15-,16+,18+,19-,20+/m1/s1. The molecule has 0 N–H and O–H groups in total. The number of alkyl halides is 1. The molecule has 0 aromatic rings. The second-order valence-corrected chi connectivity index (χ2v) is 19.2. The average Bonchev–Trinajstić information content (AvgIpc) is 3.18. The zero-order valence-corrected chi connectivity index (χ0v) is 22.2.